The third kappa shape index (κ3) is 2.99. The SMILES string of the molecule is Cc1cccc(C)c1CS(=O)(=O)c1cc(N)cc(F)c1. The van der Waals surface area contributed by atoms with Crippen LogP contribution in [0.4, 0.5) is 10.1 Å². The molecular formula is C15H16FNO2S. The van der Waals surface area contributed by atoms with E-state index in [4.69, 9.17) is 5.73 Å². The number of halogens is 1. The Morgan fingerprint density at radius 2 is 1.70 bits per heavy atom. The highest BCUT2D eigenvalue weighted by Crippen LogP contribution is 2.23. The molecule has 2 aromatic rings. The molecule has 0 aliphatic carbocycles. The van der Waals surface area contributed by atoms with E-state index in [9.17, 15) is 12.8 Å². The number of hydrogen-bond donors (Lipinski definition) is 1. The molecule has 0 aromatic heterocycles. The first-order chi connectivity index (χ1) is 9.29. The molecule has 0 bridgehead atoms. The summed E-state index contributed by atoms with van der Waals surface area (Å²) in [6, 6.07) is 8.97. The molecule has 0 aliphatic heterocycles. The van der Waals surface area contributed by atoms with Crippen molar-refractivity contribution in [1.29, 1.82) is 0 Å². The third-order valence-corrected chi connectivity index (χ3v) is 4.85. The van der Waals surface area contributed by atoms with Gasteiger partial charge >= 0.3 is 0 Å². The topological polar surface area (TPSA) is 60.2 Å². The van der Waals surface area contributed by atoms with Gasteiger partial charge in [0.2, 0.25) is 0 Å². The monoisotopic (exact) mass is 293 g/mol. The van der Waals surface area contributed by atoms with E-state index in [0.717, 1.165) is 28.8 Å². The summed E-state index contributed by atoms with van der Waals surface area (Å²) in [6.45, 7) is 3.72. The molecule has 20 heavy (non-hydrogen) atoms. The van der Waals surface area contributed by atoms with Gasteiger partial charge in [0.15, 0.2) is 9.84 Å². The molecule has 0 aliphatic rings. The molecule has 0 fully saturated rings. The van der Waals surface area contributed by atoms with E-state index < -0.39 is 15.7 Å². The minimum Gasteiger partial charge on any atom is -0.399 e. The zero-order valence-corrected chi connectivity index (χ0v) is 12.2. The molecule has 3 nitrogen and oxygen atoms in total. The molecule has 2 rings (SSSR count). The molecule has 0 spiro atoms. The third-order valence-electron chi connectivity index (χ3n) is 3.23. The molecule has 0 amide bonds. The predicted molar refractivity (Wildman–Crippen MR) is 77.6 cm³/mol. The van der Waals surface area contributed by atoms with E-state index in [1.54, 1.807) is 0 Å². The van der Waals surface area contributed by atoms with Crippen LogP contribution in [0.5, 0.6) is 0 Å². The number of benzene rings is 2. The van der Waals surface area contributed by atoms with Crippen molar-refractivity contribution in [3.63, 3.8) is 0 Å². The Morgan fingerprint density at radius 1 is 1.10 bits per heavy atom. The van der Waals surface area contributed by atoms with Gasteiger partial charge in [-0.25, -0.2) is 12.8 Å². The average Bonchev–Trinajstić information content (AvgIpc) is 2.33. The highest BCUT2D eigenvalue weighted by atomic mass is 32.2. The molecule has 2 aromatic carbocycles. The number of nitrogens with two attached hydrogens (primary N) is 1. The quantitative estimate of drug-likeness (QED) is 0.885. The van der Waals surface area contributed by atoms with Gasteiger partial charge in [-0.3, -0.25) is 0 Å². The van der Waals surface area contributed by atoms with Crippen molar-refractivity contribution >= 4 is 15.5 Å². The molecule has 0 heterocycles. The van der Waals surface area contributed by atoms with Crippen LogP contribution in [0.3, 0.4) is 0 Å². The van der Waals surface area contributed by atoms with Crippen molar-refractivity contribution in [3.05, 3.63) is 58.9 Å². The van der Waals surface area contributed by atoms with Gasteiger partial charge in [0.1, 0.15) is 5.82 Å². The number of rotatable bonds is 3. The van der Waals surface area contributed by atoms with E-state index in [1.165, 1.54) is 6.07 Å². The van der Waals surface area contributed by atoms with Gasteiger partial charge in [-0.15, -0.1) is 0 Å². The Labute approximate surface area is 118 Å². The number of hydrogen-bond acceptors (Lipinski definition) is 3. The first-order valence-electron chi connectivity index (χ1n) is 6.13. The maximum Gasteiger partial charge on any atom is 0.182 e. The first kappa shape index (κ1) is 14.5. The molecule has 2 N–H and O–H groups in total. The van der Waals surface area contributed by atoms with Crippen LogP contribution in [0.25, 0.3) is 0 Å². The first-order valence-corrected chi connectivity index (χ1v) is 7.79. The molecule has 0 radical (unpaired) electrons. The Morgan fingerprint density at radius 3 is 2.25 bits per heavy atom. The minimum absolute atomic E-state index is 0.0855. The zero-order chi connectivity index (χ0) is 14.9. The summed E-state index contributed by atoms with van der Waals surface area (Å²) >= 11 is 0. The van der Waals surface area contributed by atoms with Crippen LogP contribution >= 0.6 is 0 Å². The van der Waals surface area contributed by atoms with Gasteiger partial charge in [-0.1, -0.05) is 18.2 Å². The Balaban J connectivity index is 2.46. The van der Waals surface area contributed by atoms with E-state index in [1.807, 2.05) is 32.0 Å². The van der Waals surface area contributed by atoms with Crippen molar-refractivity contribution in [3.8, 4) is 0 Å². The summed E-state index contributed by atoms with van der Waals surface area (Å²) in [4.78, 5) is -0.0855. The lowest BCUT2D eigenvalue weighted by molar-refractivity contribution is 0.590. The normalized spacial score (nSPS) is 11.6. The van der Waals surface area contributed by atoms with Crippen molar-refractivity contribution in [2.45, 2.75) is 24.5 Å². The fraction of sp³-hybridized carbons (Fsp3) is 0.200. The number of anilines is 1. The van der Waals surface area contributed by atoms with Crippen LogP contribution in [-0.2, 0) is 15.6 Å². The van der Waals surface area contributed by atoms with Crippen molar-refractivity contribution < 1.29 is 12.8 Å². The molecular weight excluding hydrogens is 277 g/mol. The smallest absolute Gasteiger partial charge is 0.182 e. The molecule has 0 unspecified atom stereocenters. The van der Waals surface area contributed by atoms with Crippen molar-refractivity contribution in [2.24, 2.45) is 0 Å². The summed E-state index contributed by atoms with van der Waals surface area (Å²) in [5.74, 6) is -0.806. The summed E-state index contributed by atoms with van der Waals surface area (Å²) in [5.41, 5.74) is 8.15. The maximum absolute atomic E-state index is 13.3. The van der Waals surface area contributed by atoms with E-state index >= 15 is 0 Å². The molecule has 0 saturated heterocycles. The second-order valence-electron chi connectivity index (χ2n) is 4.85. The number of sulfone groups is 1. The lowest BCUT2D eigenvalue weighted by Crippen LogP contribution is -2.08. The average molecular weight is 293 g/mol. The standard InChI is InChI=1S/C15H16FNO2S/c1-10-4-3-5-11(2)15(10)9-20(18,19)14-7-12(16)6-13(17)8-14/h3-8H,9,17H2,1-2H3. The fourth-order valence-electron chi connectivity index (χ4n) is 2.11. The second kappa shape index (κ2) is 5.25. The molecule has 0 saturated carbocycles. The van der Waals surface area contributed by atoms with Crippen molar-refractivity contribution in [2.75, 3.05) is 5.73 Å². The van der Waals surface area contributed by atoms with E-state index in [-0.39, 0.29) is 16.3 Å². The molecule has 0 atom stereocenters. The second-order valence-corrected chi connectivity index (χ2v) is 6.84. The van der Waals surface area contributed by atoms with Crippen LogP contribution in [0.1, 0.15) is 16.7 Å². The predicted octanol–water partition coefficient (Wildman–Crippen LogP) is 3.00. The Bertz CT molecular complexity index is 714. The van der Waals surface area contributed by atoms with E-state index in [2.05, 4.69) is 0 Å². The summed E-state index contributed by atoms with van der Waals surface area (Å²) in [5, 5.41) is 0. The largest absolute Gasteiger partial charge is 0.399 e. The molecule has 5 heteroatoms. The minimum atomic E-state index is -3.62. The van der Waals surface area contributed by atoms with Gasteiger partial charge in [0.25, 0.3) is 0 Å². The van der Waals surface area contributed by atoms with Gasteiger partial charge in [0, 0.05) is 5.69 Å². The van der Waals surface area contributed by atoms with Gasteiger partial charge in [0.05, 0.1) is 10.6 Å². The number of nitrogen functional groups attached to an aromatic ring is 1. The van der Waals surface area contributed by atoms with Gasteiger partial charge < -0.3 is 5.73 Å². The van der Waals surface area contributed by atoms with Crippen LogP contribution in [0, 0.1) is 19.7 Å². The highest BCUT2D eigenvalue weighted by molar-refractivity contribution is 7.90. The Hall–Kier alpha value is -1.88. The maximum atomic E-state index is 13.3. The zero-order valence-electron chi connectivity index (χ0n) is 11.4. The van der Waals surface area contributed by atoms with Gasteiger partial charge in [-0.2, -0.15) is 0 Å². The van der Waals surface area contributed by atoms with Crippen LogP contribution < -0.4 is 5.73 Å². The summed E-state index contributed by atoms with van der Waals surface area (Å²) in [6.07, 6.45) is 0. The lowest BCUT2D eigenvalue weighted by atomic mass is 10.1. The summed E-state index contributed by atoms with van der Waals surface area (Å²) in [7, 11) is -3.62. The highest BCUT2D eigenvalue weighted by Gasteiger charge is 2.19. The van der Waals surface area contributed by atoms with E-state index in [0.29, 0.717) is 0 Å². The Kier molecular flexibility index (Phi) is 3.81. The fourth-order valence-corrected chi connectivity index (χ4v) is 3.72. The van der Waals surface area contributed by atoms with Crippen LogP contribution in [-0.4, -0.2) is 8.42 Å². The van der Waals surface area contributed by atoms with Gasteiger partial charge in [-0.05, 0) is 48.7 Å². The lowest BCUT2D eigenvalue weighted by Gasteiger charge is -2.11. The van der Waals surface area contributed by atoms with Crippen molar-refractivity contribution in [1.82, 2.24) is 0 Å². The van der Waals surface area contributed by atoms with Crippen LogP contribution in [0.15, 0.2) is 41.3 Å². The van der Waals surface area contributed by atoms with Crippen LogP contribution in [0.2, 0.25) is 0 Å². The molecule has 106 valence electrons. The summed E-state index contributed by atoms with van der Waals surface area (Å²) < 4.78 is 38.1. The number of aryl methyl sites for hydroxylation is 2.